The van der Waals surface area contributed by atoms with Gasteiger partial charge in [0.15, 0.2) is 0 Å². The van der Waals surface area contributed by atoms with Crippen LogP contribution >= 0.6 is 0 Å². The number of fused-ring (bicyclic) bond motifs is 1. The van der Waals surface area contributed by atoms with Crippen LogP contribution in [0.5, 0.6) is 0 Å². The Morgan fingerprint density at radius 1 is 0.906 bits per heavy atom. The summed E-state index contributed by atoms with van der Waals surface area (Å²) < 4.78 is 0. The Morgan fingerprint density at radius 3 is 2.44 bits per heavy atom. The second kappa shape index (κ2) is 9.68. The quantitative estimate of drug-likeness (QED) is 0.525. The zero-order valence-corrected chi connectivity index (χ0v) is 18.7. The molecule has 2 fully saturated rings. The molecular formula is C27H32N4O. The maximum Gasteiger partial charge on any atom is 0.222 e. The third kappa shape index (κ3) is 4.93. The first-order valence-corrected chi connectivity index (χ1v) is 12.1. The number of hydrogen-bond donors (Lipinski definition) is 1. The molecule has 5 rings (SSSR count). The standard InChI is InChI=1S/C27H32N4O/c32-25(28-19-20-9-3-1-4-10-20)17-18-31(22-11-5-2-6-12-22)27-23-13-7-8-14-24(23)29-26(30-27)21-15-16-21/h1,3-4,7-10,13-14,21-22H,2,5-6,11-12,15-19H2,(H,28,32). The first kappa shape index (κ1) is 20.9. The number of amides is 1. The molecular weight excluding hydrogens is 396 g/mol. The molecule has 1 heterocycles. The normalized spacial score (nSPS) is 16.8. The molecule has 2 aromatic carbocycles. The molecule has 0 saturated heterocycles. The van der Waals surface area contributed by atoms with Crippen LogP contribution in [0.3, 0.4) is 0 Å². The molecule has 1 aromatic heterocycles. The lowest BCUT2D eigenvalue weighted by atomic mass is 9.93. The molecule has 0 bridgehead atoms. The van der Waals surface area contributed by atoms with Crippen molar-refractivity contribution in [2.75, 3.05) is 11.4 Å². The molecule has 0 spiro atoms. The summed E-state index contributed by atoms with van der Waals surface area (Å²) in [7, 11) is 0. The van der Waals surface area contributed by atoms with Gasteiger partial charge >= 0.3 is 0 Å². The van der Waals surface area contributed by atoms with Crippen LogP contribution < -0.4 is 10.2 Å². The number of rotatable bonds is 8. The van der Waals surface area contributed by atoms with E-state index in [9.17, 15) is 4.79 Å². The molecule has 1 amide bonds. The van der Waals surface area contributed by atoms with Gasteiger partial charge in [0, 0.05) is 36.9 Å². The van der Waals surface area contributed by atoms with E-state index in [2.05, 4.69) is 34.5 Å². The predicted molar refractivity (Wildman–Crippen MR) is 129 cm³/mol. The van der Waals surface area contributed by atoms with Gasteiger partial charge in [0.2, 0.25) is 5.91 Å². The fourth-order valence-corrected chi connectivity index (χ4v) is 4.78. The Kier molecular flexibility index (Phi) is 6.33. The molecule has 1 N–H and O–H groups in total. The van der Waals surface area contributed by atoms with Crippen molar-refractivity contribution in [1.82, 2.24) is 15.3 Å². The van der Waals surface area contributed by atoms with E-state index < -0.39 is 0 Å². The second-order valence-corrected chi connectivity index (χ2v) is 9.19. The van der Waals surface area contributed by atoms with Crippen molar-refractivity contribution >= 4 is 22.6 Å². The fourth-order valence-electron chi connectivity index (χ4n) is 4.78. The molecule has 0 unspecified atom stereocenters. The number of carbonyl (C=O) groups is 1. The SMILES string of the molecule is O=C(CCN(c1nc(C2CC2)nc2ccccc12)C1CCCCC1)NCc1ccccc1. The van der Waals surface area contributed by atoms with Crippen LogP contribution in [-0.2, 0) is 11.3 Å². The zero-order chi connectivity index (χ0) is 21.8. The van der Waals surface area contributed by atoms with Crippen molar-refractivity contribution in [3.63, 3.8) is 0 Å². The molecule has 3 aromatic rings. The number of para-hydroxylation sites is 1. The summed E-state index contributed by atoms with van der Waals surface area (Å²) >= 11 is 0. The molecule has 5 heteroatoms. The predicted octanol–water partition coefficient (Wildman–Crippen LogP) is 5.35. The van der Waals surface area contributed by atoms with Crippen LogP contribution in [0.2, 0.25) is 0 Å². The summed E-state index contributed by atoms with van der Waals surface area (Å²) in [6, 6.07) is 18.9. The van der Waals surface area contributed by atoms with Crippen molar-refractivity contribution in [2.24, 2.45) is 0 Å². The highest BCUT2D eigenvalue weighted by atomic mass is 16.1. The van der Waals surface area contributed by atoms with Gasteiger partial charge in [0.25, 0.3) is 0 Å². The Balaban J connectivity index is 1.37. The van der Waals surface area contributed by atoms with E-state index in [0.717, 1.165) is 28.1 Å². The number of benzene rings is 2. The summed E-state index contributed by atoms with van der Waals surface area (Å²) in [6.07, 6.45) is 8.98. The smallest absolute Gasteiger partial charge is 0.222 e. The van der Waals surface area contributed by atoms with Crippen LogP contribution in [0.1, 0.15) is 68.7 Å². The minimum atomic E-state index is 0.0930. The van der Waals surface area contributed by atoms with E-state index in [1.165, 1.54) is 44.9 Å². The molecule has 0 radical (unpaired) electrons. The minimum absolute atomic E-state index is 0.0930. The molecule has 2 aliphatic rings. The molecule has 0 aliphatic heterocycles. The Hall–Kier alpha value is -2.95. The molecule has 2 aliphatic carbocycles. The lowest BCUT2D eigenvalue weighted by Crippen LogP contribution is -2.40. The van der Waals surface area contributed by atoms with E-state index in [4.69, 9.17) is 9.97 Å². The van der Waals surface area contributed by atoms with Crippen LogP contribution in [0.15, 0.2) is 54.6 Å². The van der Waals surface area contributed by atoms with Gasteiger partial charge in [-0.25, -0.2) is 9.97 Å². The van der Waals surface area contributed by atoms with Crippen molar-refractivity contribution in [3.8, 4) is 0 Å². The van der Waals surface area contributed by atoms with E-state index in [0.29, 0.717) is 31.5 Å². The minimum Gasteiger partial charge on any atom is -0.352 e. The molecule has 166 valence electrons. The van der Waals surface area contributed by atoms with Gasteiger partial charge in [-0.05, 0) is 43.4 Å². The molecule has 5 nitrogen and oxygen atoms in total. The number of aromatic nitrogens is 2. The Labute approximate surface area is 190 Å². The highest BCUT2D eigenvalue weighted by Crippen LogP contribution is 2.40. The van der Waals surface area contributed by atoms with Crippen molar-refractivity contribution in [2.45, 2.75) is 69.9 Å². The largest absolute Gasteiger partial charge is 0.352 e. The molecule has 32 heavy (non-hydrogen) atoms. The number of nitrogens with one attached hydrogen (secondary N) is 1. The van der Waals surface area contributed by atoms with E-state index in [1.54, 1.807) is 0 Å². The lowest BCUT2D eigenvalue weighted by molar-refractivity contribution is -0.121. The van der Waals surface area contributed by atoms with Crippen molar-refractivity contribution in [1.29, 1.82) is 0 Å². The van der Waals surface area contributed by atoms with Gasteiger partial charge in [-0.2, -0.15) is 0 Å². The summed E-state index contributed by atoms with van der Waals surface area (Å²) in [5, 5.41) is 4.19. The number of carbonyl (C=O) groups excluding carboxylic acids is 1. The maximum atomic E-state index is 12.7. The summed E-state index contributed by atoms with van der Waals surface area (Å²) in [5.74, 6) is 2.60. The summed E-state index contributed by atoms with van der Waals surface area (Å²) in [6.45, 7) is 1.27. The second-order valence-electron chi connectivity index (χ2n) is 9.19. The Bertz CT molecular complexity index is 1060. The topological polar surface area (TPSA) is 58.1 Å². The van der Waals surface area contributed by atoms with Gasteiger partial charge in [0.1, 0.15) is 11.6 Å². The summed E-state index contributed by atoms with van der Waals surface area (Å²) in [4.78, 5) is 25.1. The van der Waals surface area contributed by atoms with Gasteiger partial charge in [-0.15, -0.1) is 0 Å². The average Bonchev–Trinajstić information content (AvgIpc) is 3.70. The average molecular weight is 429 g/mol. The van der Waals surface area contributed by atoms with Crippen LogP contribution in [0.25, 0.3) is 10.9 Å². The van der Waals surface area contributed by atoms with Crippen LogP contribution in [0.4, 0.5) is 5.82 Å². The van der Waals surface area contributed by atoms with Crippen molar-refractivity contribution in [3.05, 3.63) is 66.0 Å². The van der Waals surface area contributed by atoms with Gasteiger partial charge < -0.3 is 10.2 Å². The first-order chi connectivity index (χ1) is 15.8. The third-order valence-corrected chi connectivity index (χ3v) is 6.74. The van der Waals surface area contributed by atoms with Crippen LogP contribution in [0, 0.1) is 0 Å². The van der Waals surface area contributed by atoms with Crippen LogP contribution in [-0.4, -0.2) is 28.5 Å². The van der Waals surface area contributed by atoms with Gasteiger partial charge in [-0.3, -0.25) is 4.79 Å². The Morgan fingerprint density at radius 2 is 1.66 bits per heavy atom. The lowest BCUT2D eigenvalue weighted by Gasteiger charge is -2.36. The summed E-state index contributed by atoms with van der Waals surface area (Å²) in [5.41, 5.74) is 2.15. The highest BCUT2D eigenvalue weighted by molar-refractivity contribution is 5.90. The third-order valence-electron chi connectivity index (χ3n) is 6.74. The van der Waals surface area contributed by atoms with E-state index in [-0.39, 0.29) is 5.91 Å². The maximum absolute atomic E-state index is 12.7. The van der Waals surface area contributed by atoms with E-state index >= 15 is 0 Å². The zero-order valence-electron chi connectivity index (χ0n) is 18.7. The van der Waals surface area contributed by atoms with Crippen molar-refractivity contribution < 1.29 is 4.79 Å². The first-order valence-electron chi connectivity index (χ1n) is 12.1. The monoisotopic (exact) mass is 428 g/mol. The fraction of sp³-hybridized carbons (Fsp3) is 0.444. The highest BCUT2D eigenvalue weighted by Gasteiger charge is 2.30. The number of anilines is 1. The van der Waals surface area contributed by atoms with E-state index in [1.807, 2.05) is 30.3 Å². The number of nitrogens with zero attached hydrogens (tertiary/aromatic N) is 3. The molecule has 0 atom stereocenters. The van der Waals surface area contributed by atoms with Gasteiger partial charge in [-0.1, -0.05) is 61.7 Å². The molecule has 2 saturated carbocycles. The number of hydrogen-bond acceptors (Lipinski definition) is 4. The van der Waals surface area contributed by atoms with Gasteiger partial charge in [0.05, 0.1) is 5.52 Å².